The summed E-state index contributed by atoms with van der Waals surface area (Å²) >= 11 is 0. The van der Waals surface area contributed by atoms with E-state index in [0.29, 0.717) is 16.6 Å². The van der Waals surface area contributed by atoms with Crippen LogP contribution in [0.2, 0.25) is 0 Å². The Labute approximate surface area is 154 Å². The van der Waals surface area contributed by atoms with Crippen LogP contribution in [0, 0.1) is 5.82 Å². The largest absolute Gasteiger partial charge is 0.505 e. The van der Waals surface area contributed by atoms with Gasteiger partial charge in [-0.15, -0.1) is 0 Å². The number of pyridine rings is 2. The van der Waals surface area contributed by atoms with Crippen molar-refractivity contribution in [1.82, 2.24) is 9.97 Å². The molecule has 0 saturated carbocycles. The van der Waals surface area contributed by atoms with Gasteiger partial charge in [0, 0.05) is 23.3 Å². The zero-order valence-electron chi connectivity index (χ0n) is 14.2. The number of aromatic hydroxyl groups is 2. The summed E-state index contributed by atoms with van der Waals surface area (Å²) in [7, 11) is 0. The van der Waals surface area contributed by atoms with E-state index >= 15 is 0 Å². The van der Waals surface area contributed by atoms with Gasteiger partial charge < -0.3 is 15.5 Å². The Morgan fingerprint density at radius 2 is 1.59 bits per heavy atom. The summed E-state index contributed by atoms with van der Waals surface area (Å²) in [6, 6.07) is 15.8. The van der Waals surface area contributed by atoms with E-state index in [1.807, 2.05) is 12.1 Å². The maximum absolute atomic E-state index is 13.4. The normalized spacial score (nSPS) is 12.0. The molecule has 0 saturated heterocycles. The number of hydrogen-bond acceptors (Lipinski definition) is 5. The Kier molecular flexibility index (Phi) is 4.30. The van der Waals surface area contributed by atoms with Gasteiger partial charge in [0.25, 0.3) is 0 Å². The molecule has 2 aromatic carbocycles. The maximum atomic E-state index is 13.4. The minimum absolute atomic E-state index is 0.0188. The van der Waals surface area contributed by atoms with E-state index in [0.717, 1.165) is 5.39 Å². The summed E-state index contributed by atoms with van der Waals surface area (Å²) in [5, 5.41) is 24.8. The molecule has 1 atom stereocenters. The number of aromatic nitrogens is 2. The van der Waals surface area contributed by atoms with Crippen molar-refractivity contribution in [2.75, 3.05) is 5.32 Å². The number of nitrogens with zero attached hydrogens (tertiary/aromatic N) is 2. The monoisotopic (exact) mass is 361 g/mol. The Morgan fingerprint density at radius 3 is 2.37 bits per heavy atom. The predicted molar refractivity (Wildman–Crippen MR) is 101 cm³/mol. The van der Waals surface area contributed by atoms with Crippen LogP contribution in [0.3, 0.4) is 0 Å². The molecule has 5 nitrogen and oxygen atoms in total. The summed E-state index contributed by atoms with van der Waals surface area (Å²) in [5.41, 5.74) is 1.71. The minimum Gasteiger partial charge on any atom is -0.505 e. The molecular formula is C21H16FN3O2. The number of phenols is 1. The molecule has 0 bridgehead atoms. The van der Waals surface area contributed by atoms with Gasteiger partial charge in [-0.25, -0.2) is 9.37 Å². The van der Waals surface area contributed by atoms with Gasteiger partial charge in [-0.2, -0.15) is 0 Å². The second-order valence-corrected chi connectivity index (χ2v) is 6.08. The lowest BCUT2D eigenvalue weighted by molar-refractivity contribution is 0.468. The van der Waals surface area contributed by atoms with E-state index in [2.05, 4.69) is 15.3 Å². The van der Waals surface area contributed by atoms with Crippen LogP contribution < -0.4 is 5.32 Å². The van der Waals surface area contributed by atoms with E-state index in [-0.39, 0.29) is 23.1 Å². The number of phenolic OH excluding ortho intramolecular Hbond substituents is 1. The molecule has 4 rings (SSSR count). The third-order valence-corrected chi connectivity index (χ3v) is 4.36. The zero-order chi connectivity index (χ0) is 18.8. The summed E-state index contributed by atoms with van der Waals surface area (Å²) in [5.74, 6) is -0.108. The third-order valence-electron chi connectivity index (χ3n) is 4.36. The van der Waals surface area contributed by atoms with Gasteiger partial charge in [-0.05, 0) is 35.9 Å². The smallest absolute Gasteiger partial charge is 0.169 e. The van der Waals surface area contributed by atoms with E-state index in [4.69, 9.17) is 0 Å². The molecule has 2 heterocycles. The van der Waals surface area contributed by atoms with E-state index < -0.39 is 6.04 Å². The van der Waals surface area contributed by atoms with Crippen LogP contribution in [0.15, 0.2) is 73.1 Å². The second kappa shape index (κ2) is 6.92. The van der Waals surface area contributed by atoms with Gasteiger partial charge in [0.1, 0.15) is 17.1 Å². The van der Waals surface area contributed by atoms with Crippen molar-refractivity contribution in [3.8, 4) is 11.5 Å². The topological polar surface area (TPSA) is 78.3 Å². The molecule has 0 amide bonds. The van der Waals surface area contributed by atoms with E-state index in [9.17, 15) is 14.6 Å². The van der Waals surface area contributed by atoms with Crippen LogP contribution in [0.4, 0.5) is 10.2 Å². The second-order valence-electron chi connectivity index (χ2n) is 6.08. The molecule has 6 heteroatoms. The number of rotatable bonds is 4. The number of benzene rings is 2. The van der Waals surface area contributed by atoms with Gasteiger partial charge in [0.05, 0.1) is 6.04 Å². The van der Waals surface area contributed by atoms with Crippen LogP contribution in [0.5, 0.6) is 11.5 Å². The molecule has 0 unspecified atom stereocenters. The minimum atomic E-state index is -0.571. The van der Waals surface area contributed by atoms with Crippen molar-refractivity contribution >= 4 is 16.7 Å². The molecule has 134 valence electrons. The molecule has 0 aliphatic heterocycles. The van der Waals surface area contributed by atoms with Crippen molar-refractivity contribution in [3.05, 3.63) is 90.0 Å². The van der Waals surface area contributed by atoms with Gasteiger partial charge in [0.15, 0.2) is 11.6 Å². The quantitative estimate of drug-likeness (QED) is 0.503. The first-order chi connectivity index (χ1) is 13.1. The lowest BCUT2D eigenvalue weighted by atomic mass is 9.96. The molecule has 2 aromatic heterocycles. The van der Waals surface area contributed by atoms with Crippen molar-refractivity contribution in [2.24, 2.45) is 0 Å². The molecule has 4 aromatic rings. The standard InChI is InChI=1S/C21H16FN3O2/c22-15-8-5-14(6-9-15)18(25-21-17(26)4-2-12-24-21)16-10-7-13-3-1-11-23-19(13)20(16)27/h1-12,18,26-27H,(H,24,25)/t18-/m0/s1. The van der Waals surface area contributed by atoms with Crippen molar-refractivity contribution < 1.29 is 14.6 Å². The summed E-state index contributed by atoms with van der Waals surface area (Å²) in [6.07, 6.45) is 3.16. The molecule has 0 spiro atoms. The number of hydrogen-bond donors (Lipinski definition) is 3. The highest BCUT2D eigenvalue weighted by molar-refractivity contribution is 5.86. The lowest BCUT2D eigenvalue weighted by Gasteiger charge is -2.22. The van der Waals surface area contributed by atoms with Crippen LogP contribution in [-0.4, -0.2) is 20.2 Å². The SMILES string of the molecule is Oc1cccnc1N[C@@H](c1ccc(F)cc1)c1ccc2cccnc2c1O. The van der Waals surface area contributed by atoms with Crippen LogP contribution in [0.1, 0.15) is 17.2 Å². The highest BCUT2D eigenvalue weighted by atomic mass is 19.1. The fourth-order valence-electron chi connectivity index (χ4n) is 3.02. The summed E-state index contributed by atoms with van der Waals surface area (Å²) < 4.78 is 13.4. The number of fused-ring (bicyclic) bond motifs is 1. The van der Waals surface area contributed by atoms with Gasteiger partial charge in [-0.1, -0.05) is 30.3 Å². The zero-order valence-corrected chi connectivity index (χ0v) is 14.2. The molecule has 27 heavy (non-hydrogen) atoms. The Bertz CT molecular complexity index is 1100. The van der Waals surface area contributed by atoms with Gasteiger partial charge in [0.2, 0.25) is 0 Å². The first kappa shape index (κ1) is 16.8. The molecular weight excluding hydrogens is 345 g/mol. The van der Waals surface area contributed by atoms with Crippen LogP contribution >= 0.6 is 0 Å². The Hall–Kier alpha value is -3.67. The highest BCUT2D eigenvalue weighted by Gasteiger charge is 2.21. The van der Waals surface area contributed by atoms with Crippen LogP contribution in [-0.2, 0) is 0 Å². The molecule has 3 N–H and O–H groups in total. The van der Waals surface area contributed by atoms with E-state index in [1.165, 1.54) is 18.2 Å². The third kappa shape index (κ3) is 3.25. The Morgan fingerprint density at radius 1 is 0.852 bits per heavy atom. The maximum Gasteiger partial charge on any atom is 0.169 e. The average Bonchev–Trinajstić information content (AvgIpc) is 2.69. The highest BCUT2D eigenvalue weighted by Crippen LogP contribution is 2.37. The number of halogens is 1. The van der Waals surface area contributed by atoms with Crippen molar-refractivity contribution in [1.29, 1.82) is 0 Å². The van der Waals surface area contributed by atoms with Crippen molar-refractivity contribution in [3.63, 3.8) is 0 Å². The summed E-state index contributed by atoms with van der Waals surface area (Å²) in [4.78, 5) is 8.40. The number of anilines is 1. The predicted octanol–water partition coefficient (Wildman–Crippen LogP) is 4.38. The fourth-order valence-corrected chi connectivity index (χ4v) is 3.02. The van der Waals surface area contributed by atoms with Gasteiger partial charge >= 0.3 is 0 Å². The molecule has 0 aliphatic rings. The molecule has 0 radical (unpaired) electrons. The number of nitrogens with one attached hydrogen (secondary N) is 1. The Balaban J connectivity index is 1.86. The lowest BCUT2D eigenvalue weighted by Crippen LogP contribution is -2.14. The van der Waals surface area contributed by atoms with Crippen LogP contribution in [0.25, 0.3) is 10.9 Å². The molecule has 0 aliphatic carbocycles. The van der Waals surface area contributed by atoms with Crippen molar-refractivity contribution in [2.45, 2.75) is 6.04 Å². The summed E-state index contributed by atoms with van der Waals surface area (Å²) in [6.45, 7) is 0. The molecule has 0 fully saturated rings. The van der Waals surface area contributed by atoms with Gasteiger partial charge in [-0.3, -0.25) is 4.98 Å². The first-order valence-corrected chi connectivity index (χ1v) is 8.36. The first-order valence-electron chi connectivity index (χ1n) is 8.36. The van der Waals surface area contributed by atoms with E-state index in [1.54, 1.807) is 42.7 Å². The average molecular weight is 361 g/mol. The fraction of sp³-hybridized carbons (Fsp3) is 0.0476.